The van der Waals surface area contributed by atoms with Crippen LogP contribution in [0.4, 0.5) is 0 Å². The summed E-state index contributed by atoms with van der Waals surface area (Å²) in [5.41, 5.74) is 5.44. The first-order valence-electron chi connectivity index (χ1n) is 9.54. The monoisotopic (exact) mass is 409 g/mol. The van der Waals surface area contributed by atoms with Gasteiger partial charge in [-0.1, -0.05) is 18.2 Å². The molecule has 0 bridgehead atoms. The van der Waals surface area contributed by atoms with Gasteiger partial charge in [0.2, 0.25) is 0 Å². The first kappa shape index (κ1) is 19.5. The Morgan fingerprint density at radius 3 is 2.97 bits per heavy atom. The van der Waals surface area contributed by atoms with Gasteiger partial charge in [-0.25, -0.2) is 4.98 Å². The molecule has 3 aromatic rings. The smallest absolute Gasteiger partial charge is 0.266 e. The van der Waals surface area contributed by atoms with Gasteiger partial charge in [-0.05, 0) is 36.8 Å². The Labute approximate surface area is 174 Å². The number of thiazole rings is 1. The van der Waals surface area contributed by atoms with Crippen molar-refractivity contribution in [2.45, 2.75) is 19.4 Å². The van der Waals surface area contributed by atoms with E-state index in [1.54, 1.807) is 12.6 Å². The van der Waals surface area contributed by atoms with Crippen LogP contribution in [0.25, 0.3) is 0 Å². The second-order valence-corrected chi connectivity index (χ2v) is 7.81. The number of amides is 1. The largest absolute Gasteiger partial charge is 0.497 e. The lowest BCUT2D eigenvalue weighted by molar-refractivity contribution is -0.0246. The molecule has 0 spiro atoms. The van der Waals surface area contributed by atoms with Crippen molar-refractivity contribution in [1.82, 2.24) is 14.9 Å². The third-order valence-corrected chi connectivity index (χ3v) is 5.89. The summed E-state index contributed by atoms with van der Waals surface area (Å²) in [6.45, 7) is 3.43. The number of benzene rings is 1. The van der Waals surface area contributed by atoms with Crippen LogP contribution < -0.4 is 4.74 Å². The van der Waals surface area contributed by atoms with E-state index in [1.165, 1.54) is 11.3 Å². The minimum Gasteiger partial charge on any atom is -0.497 e. The van der Waals surface area contributed by atoms with Crippen LogP contribution in [-0.4, -0.2) is 47.6 Å². The van der Waals surface area contributed by atoms with Crippen LogP contribution in [0.5, 0.6) is 5.75 Å². The SMILES string of the molecule is COc1cccc(Cc2cccc([C@@H]3CN(C(=O)c4scnc4C)CCO3)n2)c1. The lowest BCUT2D eigenvalue weighted by atomic mass is 10.1. The van der Waals surface area contributed by atoms with Crippen molar-refractivity contribution in [2.24, 2.45) is 0 Å². The zero-order valence-corrected chi connectivity index (χ0v) is 17.3. The number of hydrogen-bond acceptors (Lipinski definition) is 6. The van der Waals surface area contributed by atoms with E-state index in [4.69, 9.17) is 14.5 Å². The predicted molar refractivity (Wildman–Crippen MR) is 111 cm³/mol. The molecule has 0 saturated carbocycles. The molecule has 6 nitrogen and oxygen atoms in total. The Hall–Kier alpha value is -2.77. The summed E-state index contributed by atoms with van der Waals surface area (Å²) in [6, 6.07) is 14.0. The lowest BCUT2D eigenvalue weighted by Crippen LogP contribution is -2.42. The Kier molecular flexibility index (Phi) is 5.87. The summed E-state index contributed by atoms with van der Waals surface area (Å²) < 4.78 is 11.2. The van der Waals surface area contributed by atoms with Crippen LogP contribution in [0.3, 0.4) is 0 Å². The number of aryl methyl sites for hydroxylation is 1. The van der Waals surface area contributed by atoms with Crippen molar-refractivity contribution in [3.05, 3.63) is 75.5 Å². The summed E-state index contributed by atoms with van der Waals surface area (Å²) in [4.78, 5) is 24.4. The van der Waals surface area contributed by atoms with Gasteiger partial charge >= 0.3 is 0 Å². The zero-order valence-electron chi connectivity index (χ0n) is 16.5. The van der Waals surface area contributed by atoms with Gasteiger partial charge in [-0.15, -0.1) is 11.3 Å². The molecule has 7 heteroatoms. The maximum Gasteiger partial charge on any atom is 0.266 e. The number of aromatic nitrogens is 2. The number of pyridine rings is 1. The summed E-state index contributed by atoms with van der Waals surface area (Å²) in [6.07, 6.45) is 0.478. The van der Waals surface area contributed by atoms with Crippen molar-refractivity contribution < 1.29 is 14.3 Å². The molecule has 2 aromatic heterocycles. The van der Waals surface area contributed by atoms with Gasteiger partial charge in [-0.2, -0.15) is 0 Å². The molecule has 1 atom stereocenters. The number of nitrogens with zero attached hydrogens (tertiary/aromatic N) is 3. The van der Waals surface area contributed by atoms with E-state index in [0.29, 0.717) is 31.0 Å². The Morgan fingerprint density at radius 2 is 2.17 bits per heavy atom. The number of rotatable bonds is 5. The molecule has 3 heterocycles. The van der Waals surface area contributed by atoms with Gasteiger partial charge in [0.25, 0.3) is 5.91 Å². The molecular formula is C22H23N3O3S. The number of hydrogen-bond donors (Lipinski definition) is 0. The average molecular weight is 410 g/mol. The van der Waals surface area contributed by atoms with E-state index in [1.807, 2.05) is 48.2 Å². The summed E-state index contributed by atoms with van der Waals surface area (Å²) in [7, 11) is 1.67. The normalized spacial score (nSPS) is 16.6. The van der Waals surface area contributed by atoms with Gasteiger partial charge in [0.05, 0.1) is 37.2 Å². The minimum atomic E-state index is -0.230. The van der Waals surface area contributed by atoms with Crippen molar-refractivity contribution >= 4 is 17.2 Å². The highest BCUT2D eigenvalue weighted by Crippen LogP contribution is 2.24. The number of ether oxygens (including phenoxy) is 2. The Balaban J connectivity index is 1.48. The van der Waals surface area contributed by atoms with E-state index in [0.717, 1.165) is 28.4 Å². The first-order chi connectivity index (χ1) is 14.1. The number of carbonyl (C=O) groups excluding carboxylic acids is 1. The lowest BCUT2D eigenvalue weighted by Gasteiger charge is -2.32. The molecule has 1 saturated heterocycles. The zero-order chi connectivity index (χ0) is 20.2. The first-order valence-corrected chi connectivity index (χ1v) is 10.4. The van der Waals surface area contributed by atoms with E-state index in [-0.39, 0.29) is 12.0 Å². The van der Waals surface area contributed by atoms with Crippen LogP contribution in [0.2, 0.25) is 0 Å². The Bertz CT molecular complexity index is 1000. The molecule has 0 unspecified atom stereocenters. The molecule has 0 radical (unpaired) electrons. The number of methoxy groups -OCH3 is 1. The van der Waals surface area contributed by atoms with Crippen LogP contribution in [0.1, 0.15) is 38.4 Å². The fourth-order valence-corrected chi connectivity index (χ4v) is 4.20. The maximum absolute atomic E-state index is 12.8. The van der Waals surface area contributed by atoms with Crippen LogP contribution in [0, 0.1) is 6.92 Å². The number of morpholine rings is 1. The van der Waals surface area contributed by atoms with Gasteiger partial charge in [0.1, 0.15) is 16.7 Å². The molecular weight excluding hydrogens is 386 g/mol. The highest BCUT2D eigenvalue weighted by Gasteiger charge is 2.28. The van der Waals surface area contributed by atoms with Crippen molar-refractivity contribution in [3.63, 3.8) is 0 Å². The molecule has 1 amide bonds. The van der Waals surface area contributed by atoms with E-state index in [2.05, 4.69) is 11.1 Å². The van der Waals surface area contributed by atoms with Gasteiger partial charge < -0.3 is 14.4 Å². The Morgan fingerprint density at radius 1 is 1.31 bits per heavy atom. The molecule has 29 heavy (non-hydrogen) atoms. The van der Waals surface area contributed by atoms with Gasteiger partial charge in [0.15, 0.2) is 0 Å². The highest BCUT2D eigenvalue weighted by atomic mass is 32.1. The molecule has 0 aliphatic carbocycles. The van der Waals surface area contributed by atoms with E-state index in [9.17, 15) is 4.79 Å². The topological polar surface area (TPSA) is 64.5 Å². The molecule has 0 N–H and O–H groups in total. The molecule has 1 fully saturated rings. The molecule has 150 valence electrons. The van der Waals surface area contributed by atoms with Crippen molar-refractivity contribution in [2.75, 3.05) is 26.8 Å². The fraction of sp³-hybridized carbons (Fsp3) is 0.318. The third-order valence-electron chi connectivity index (χ3n) is 4.97. The molecule has 1 aliphatic rings. The highest BCUT2D eigenvalue weighted by molar-refractivity contribution is 7.11. The second-order valence-electron chi connectivity index (χ2n) is 6.96. The van der Waals surface area contributed by atoms with E-state index < -0.39 is 0 Å². The molecule has 1 aromatic carbocycles. The summed E-state index contributed by atoms with van der Waals surface area (Å²) >= 11 is 1.39. The third kappa shape index (κ3) is 4.46. The maximum atomic E-state index is 12.8. The molecule has 1 aliphatic heterocycles. The quantitative estimate of drug-likeness (QED) is 0.643. The predicted octanol–water partition coefficient (Wildman–Crippen LogP) is 3.66. The second kappa shape index (κ2) is 8.71. The average Bonchev–Trinajstić information content (AvgIpc) is 3.19. The van der Waals surface area contributed by atoms with Crippen LogP contribution in [0.15, 0.2) is 48.0 Å². The van der Waals surface area contributed by atoms with Gasteiger partial charge in [-0.3, -0.25) is 9.78 Å². The van der Waals surface area contributed by atoms with Gasteiger partial charge in [0, 0.05) is 18.7 Å². The van der Waals surface area contributed by atoms with E-state index >= 15 is 0 Å². The molecule has 4 rings (SSSR count). The fourth-order valence-electron chi connectivity index (χ4n) is 3.43. The standard InChI is InChI=1S/C22H23N3O3S/c1-15-21(29-14-23-15)22(26)25-9-10-28-20(13-25)19-8-4-6-17(24-19)11-16-5-3-7-18(12-16)27-2/h3-8,12,14,20H,9-11,13H2,1-2H3/t20-/m0/s1. The van der Waals surface area contributed by atoms with Crippen LogP contribution in [-0.2, 0) is 11.2 Å². The van der Waals surface area contributed by atoms with Crippen LogP contribution >= 0.6 is 11.3 Å². The number of carbonyl (C=O) groups is 1. The van der Waals surface area contributed by atoms with Crippen molar-refractivity contribution in [3.8, 4) is 5.75 Å². The van der Waals surface area contributed by atoms with Crippen molar-refractivity contribution in [1.29, 1.82) is 0 Å². The summed E-state index contributed by atoms with van der Waals surface area (Å²) in [5.74, 6) is 0.854. The summed E-state index contributed by atoms with van der Waals surface area (Å²) in [5, 5.41) is 0. The minimum absolute atomic E-state index is 0.0193.